The Morgan fingerprint density at radius 2 is 1.90 bits per heavy atom. The molecule has 7 nitrogen and oxygen atoms in total. The summed E-state index contributed by atoms with van der Waals surface area (Å²) < 4.78 is 8.01. The lowest BCUT2D eigenvalue weighted by Crippen LogP contribution is -2.34. The Labute approximate surface area is 177 Å². The number of carbonyl (C=O) groups is 2. The minimum absolute atomic E-state index is 0.0374. The predicted molar refractivity (Wildman–Crippen MR) is 117 cm³/mol. The summed E-state index contributed by atoms with van der Waals surface area (Å²) in [6, 6.07) is 14.2. The minimum Gasteiger partial charge on any atom is -0.497 e. The number of anilines is 1. The highest BCUT2D eigenvalue weighted by Crippen LogP contribution is 2.32. The number of ketones is 1. The van der Waals surface area contributed by atoms with Crippen LogP contribution in [0.1, 0.15) is 27.6 Å². The number of rotatable bonds is 7. The molecule has 0 aliphatic carbocycles. The van der Waals surface area contributed by atoms with Crippen LogP contribution in [0.5, 0.6) is 5.75 Å². The smallest absolute Gasteiger partial charge is 0.260 e. The van der Waals surface area contributed by atoms with Gasteiger partial charge in [-0.25, -0.2) is 4.98 Å². The third kappa shape index (κ3) is 4.08. The van der Waals surface area contributed by atoms with Crippen LogP contribution in [-0.2, 0) is 6.54 Å². The Kier molecular flexibility index (Phi) is 5.58. The van der Waals surface area contributed by atoms with Crippen LogP contribution in [0.15, 0.2) is 60.9 Å². The van der Waals surface area contributed by atoms with Gasteiger partial charge in [-0.2, -0.15) is 5.10 Å². The number of nitrogens with zero attached hydrogens (tertiary/aromatic N) is 4. The van der Waals surface area contributed by atoms with Gasteiger partial charge in [0.25, 0.3) is 5.91 Å². The van der Waals surface area contributed by atoms with Crippen LogP contribution in [-0.4, -0.2) is 40.1 Å². The van der Waals surface area contributed by atoms with Crippen molar-refractivity contribution < 1.29 is 14.3 Å². The van der Waals surface area contributed by atoms with E-state index in [0.717, 1.165) is 16.0 Å². The van der Waals surface area contributed by atoms with E-state index in [1.165, 1.54) is 18.3 Å². The Hall–Kier alpha value is -3.52. The van der Waals surface area contributed by atoms with Gasteiger partial charge in [0.05, 0.1) is 23.9 Å². The molecule has 152 valence electrons. The molecule has 0 N–H and O–H groups in total. The van der Waals surface area contributed by atoms with E-state index in [2.05, 4.69) is 10.1 Å². The molecule has 0 fully saturated rings. The molecular formula is C22H20N4O3S. The first-order chi connectivity index (χ1) is 14.5. The molecule has 4 rings (SSSR count). The molecule has 30 heavy (non-hydrogen) atoms. The van der Waals surface area contributed by atoms with E-state index in [-0.39, 0.29) is 11.7 Å². The molecule has 0 aliphatic rings. The maximum Gasteiger partial charge on any atom is 0.260 e. The average molecular weight is 420 g/mol. The van der Waals surface area contributed by atoms with E-state index in [9.17, 15) is 9.59 Å². The first-order valence-electron chi connectivity index (χ1n) is 9.40. The number of Topliss-reactive ketones (excluding diaryl/α,β-unsaturated/α-hetero) is 1. The average Bonchev–Trinajstić information content (AvgIpc) is 3.43. The van der Waals surface area contributed by atoms with Crippen molar-refractivity contribution in [2.45, 2.75) is 13.5 Å². The van der Waals surface area contributed by atoms with Gasteiger partial charge in [0, 0.05) is 30.1 Å². The molecule has 0 aliphatic heterocycles. The molecule has 0 bridgehead atoms. The molecule has 0 spiro atoms. The van der Waals surface area contributed by atoms with Gasteiger partial charge in [-0.1, -0.05) is 23.5 Å². The molecule has 2 heterocycles. The van der Waals surface area contributed by atoms with E-state index in [0.29, 0.717) is 29.3 Å². The summed E-state index contributed by atoms with van der Waals surface area (Å²) in [7, 11) is 1.62. The number of hydrogen-bond donors (Lipinski definition) is 0. The molecule has 4 aromatic rings. The zero-order valence-corrected chi connectivity index (χ0v) is 17.4. The standard InChI is InChI=1S/C22H20N4O3S/c1-15(27)16-4-6-17(7-5-16)21(28)26(13-12-25-11-3-10-23-25)22-24-19-9-8-18(29-2)14-20(19)30-22/h3-11,14H,12-13H2,1-2H3. The molecule has 8 heteroatoms. The Morgan fingerprint density at radius 3 is 2.57 bits per heavy atom. The first kappa shape index (κ1) is 19.8. The SMILES string of the molecule is COc1ccc2nc(N(CCn3cccn3)C(=O)c3ccc(C(C)=O)cc3)sc2c1. The Balaban J connectivity index is 1.68. The number of ether oxygens (including phenoxy) is 1. The number of thiazole rings is 1. The second-order valence-corrected chi connectivity index (χ2v) is 7.70. The quantitative estimate of drug-likeness (QED) is 0.422. The van der Waals surface area contributed by atoms with Gasteiger partial charge in [-0.05, 0) is 43.3 Å². The highest BCUT2D eigenvalue weighted by atomic mass is 32.1. The lowest BCUT2D eigenvalue weighted by Gasteiger charge is -2.20. The summed E-state index contributed by atoms with van der Waals surface area (Å²) in [5.74, 6) is 0.528. The number of methoxy groups -OCH3 is 1. The lowest BCUT2D eigenvalue weighted by molar-refractivity contribution is 0.0981. The van der Waals surface area contributed by atoms with Crippen molar-refractivity contribution in [1.82, 2.24) is 14.8 Å². The van der Waals surface area contributed by atoms with Crippen molar-refractivity contribution in [1.29, 1.82) is 0 Å². The van der Waals surface area contributed by atoms with Gasteiger partial charge < -0.3 is 4.74 Å². The highest BCUT2D eigenvalue weighted by Gasteiger charge is 2.22. The second-order valence-electron chi connectivity index (χ2n) is 6.69. The van der Waals surface area contributed by atoms with Gasteiger partial charge in [0.1, 0.15) is 5.75 Å². The largest absolute Gasteiger partial charge is 0.497 e. The fraction of sp³-hybridized carbons (Fsp3) is 0.182. The number of benzene rings is 2. The topological polar surface area (TPSA) is 77.3 Å². The van der Waals surface area contributed by atoms with Crippen LogP contribution in [0, 0.1) is 0 Å². The van der Waals surface area contributed by atoms with Crippen LogP contribution in [0.4, 0.5) is 5.13 Å². The van der Waals surface area contributed by atoms with Crippen molar-refractivity contribution in [2.24, 2.45) is 0 Å². The maximum atomic E-state index is 13.3. The molecule has 0 saturated carbocycles. The second kappa shape index (κ2) is 8.46. The van der Waals surface area contributed by atoms with Crippen molar-refractivity contribution >= 4 is 38.4 Å². The summed E-state index contributed by atoms with van der Waals surface area (Å²) in [6.45, 7) is 2.44. The molecule has 0 saturated heterocycles. The lowest BCUT2D eigenvalue weighted by atomic mass is 10.1. The zero-order chi connectivity index (χ0) is 21.1. The van der Waals surface area contributed by atoms with Crippen molar-refractivity contribution in [3.63, 3.8) is 0 Å². The summed E-state index contributed by atoms with van der Waals surface area (Å²) >= 11 is 1.43. The number of aromatic nitrogens is 3. The van der Waals surface area contributed by atoms with Crippen molar-refractivity contribution in [3.8, 4) is 5.75 Å². The third-order valence-electron chi connectivity index (χ3n) is 4.71. The maximum absolute atomic E-state index is 13.3. The van der Waals surface area contributed by atoms with Crippen LogP contribution < -0.4 is 9.64 Å². The fourth-order valence-electron chi connectivity index (χ4n) is 3.06. The van der Waals surface area contributed by atoms with Crippen molar-refractivity contribution in [2.75, 3.05) is 18.6 Å². The van der Waals surface area contributed by atoms with E-state index in [1.54, 1.807) is 47.2 Å². The van der Waals surface area contributed by atoms with Crippen LogP contribution >= 0.6 is 11.3 Å². The van der Waals surface area contributed by atoms with Gasteiger partial charge in [0.2, 0.25) is 0 Å². The molecule has 0 atom stereocenters. The minimum atomic E-state index is -0.178. The molecule has 2 aromatic carbocycles. The normalized spacial score (nSPS) is 10.9. The fourth-order valence-corrected chi connectivity index (χ4v) is 4.08. The molecule has 2 aromatic heterocycles. The van der Waals surface area contributed by atoms with Gasteiger partial charge in [-0.15, -0.1) is 0 Å². The Morgan fingerprint density at radius 1 is 1.13 bits per heavy atom. The monoisotopic (exact) mass is 420 g/mol. The third-order valence-corrected chi connectivity index (χ3v) is 5.75. The van der Waals surface area contributed by atoms with Gasteiger partial charge in [-0.3, -0.25) is 19.2 Å². The van der Waals surface area contributed by atoms with Crippen LogP contribution in [0.3, 0.4) is 0 Å². The highest BCUT2D eigenvalue weighted by molar-refractivity contribution is 7.22. The summed E-state index contributed by atoms with van der Waals surface area (Å²) in [5.41, 5.74) is 1.87. The molecule has 1 amide bonds. The number of carbonyl (C=O) groups excluding carboxylic acids is 2. The summed E-state index contributed by atoms with van der Waals surface area (Å²) in [6.07, 6.45) is 3.56. The summed E-state index contributed by atoms with van der Waals surface area (Å²) in [5, 5.41) is 4.82. The first-order valence-corrected chi connectivity index (χ1v) is 10.2. The summed E-state index contributed by atoms with van der Waals surface area (Å²) in [4.78, 5) is 31.2. The zero-order valence-electron chi connectivity index (χ0n) is 16.6. The van der Waals surface area contributed by atoms with Crippen LogP contribution in [0.2, 0.25) is 0 Å². The van der Waals surface area contributed by atoms with Gasteiger partial charge in [0.15, 0.2) is 10.9 Å². The van der Waals surface area contributed by atoms with E-state index in [4.69, 9.17) is 4.74 Å². The van der Waals surface area contributed by atoms with E-state index in [1.807, 2.05) is 30.5 Å². The molecule has 0 radical (unpaired) electrons. The number of amides is 1. The van der Waals surface area contributed by atoms with Crippen LogP contribution in [0.25, 0.3) is 10.2 Å². The van der Waals surface area contributed by atoms with Gasteiger partial charge >= 0.3 is 0 Å². The Bertz CT molecular complexity index is 1180. The molecule has 0 unspecified atom stereocenters. The van der Waals surface area contributed by atoms with E-state index < -0.39 is 0 Å². The number of fused-ring (bicyclic) bond motifs is 1. The predicted octanol–water partition coefficient (Wildman–Crippen LogP) is 4.05. The van der Waals surface area contributed by atoms with Crippen molar-refractivity contribution in [3.05, 3.63) is 72.1 Å². The van der Waals surface area contributed by atoms with E-state index >= 15 is 0 Å². The number of hydrogen-bond acceptors (Lipinski definition) is 6. The molecular weight excluding hydrogens is 400 g/mol.